The maximum atomic E-state index is 14.0. The third kappa shape index (κ3) is 7.89. The highest BCUT2D eigenvalue weighted by Crippen LogP contribution is 2.31. The number of nitrogens with zero attached hydrogens (tertiary/aromatic N) is 1. The van der Waals surface area contributed by atoms with Crippen molar-refractivity contribution in [2.45, 2.75) is 34.6 Å². The van der Waals surface area contributed by atoms with E-state index in [-0.39, 0.29) is 5.69 Å². The van der Waals surface area contributed by atoms with Gasteiger partial charge in [-0.1, -0.05) is 33.8 Å². The number of anilines is 3. The van der Waals surface area contributed by atoms with Crippen molar-refractivity contribution < 1.29 is 23.5 Å². The van der Waals surface area contributed by atoms with Gasteiger partial charge in [0.15, 0.2) is 0 Å². The Kier molecular flexibility index (Phi) is 8.96. The van der Waals surface area contributed by atoms with Crippen LogP contribution in [0.3, 0.4) is 0 Å². The minimum absolute atomic E-state index is 0.158. The molecule has 2 aromatic carbocycles. The fraction of sp³-hybridized carbons (Fsp3) is 0.360. The molecule has 0 spiro atoms. The van der Waals surface area contributed by atoms with Crippen LogP contribution in [0.5, 0.6) is 0 Å². The molecule has 3 N–H and O–H groups in total. The number of benzene rings is 2. The fourth-order valence-electron chi connectivity index (χ4n) is 3.45. The second-order valence-electron chi connectivity index (χ2n) is 8.79. The van der Waals surface area contributed by atoms with E-state index in [0.717, 1.165) is 37.0 Å². The standard InChI is InChI=1S/C25H31F2N3O3/c1-15(2)13-30(14-16(3)4)23-9-6-18(17(5)10-24(31)32)11-22(23)29-25(33)28-21-8-7-19(26)12-20(21)27/h6-12,15-16H,13-14H2,1-5H3,(H,31,32)(H2,28,29,33). The van der Waals surface area contributed by atoms with Crippen molar-refractivity contribution in [3.8, 4) is 0 Å². The van der Waals surface area contributed by atoms with E-state index in [0.29, 0.717) is 34.7 Å². The monoisotopic (exact) mass is 459 g/mol. The molecule has 0 atom stereocenters. The molecular weight excluding hydrogens is 428 g/mol. The summed E-state index contributed by atoms with van der Waals surface area (Å²) < 4.78 is 27.2. The molecule has 2 amide bonds. The van der Waals surface area contributed by atoms with Gasteiger partial charge in [0.25, 0.3) is 0 Å². The fourth-order valence-corrected chi connectivity index (χ4v) is 3.45. The van der Waals surface area contributed by atoms with Gasteiger partial charge in [0.1, 0.15) is 11.6 Å². The third-order valence-electron chi connectivity index (χ3n) is 4.73. The maximum Gasteiger partial charge on any atom is 0.328 e. The number of nitrogens with one attached hydrogen (secondary N) is 2. The summed E-state index contributed by atoms with van der Waals surface area (Å²) >= 11 is 0. The van der Waals surface area contributed by atoms with Crippen LogP contribution in [-0.4, -0.2) is 30.2 Å². The van der Waals surface area contributed by atoms with Gasteiger partial charge in [-0.25, -0.2) is 18.4 Å². The predicted octanol–water partition coefficient (Wildman–Crippen LogP) is 6.22. The zero-order valence-electron chi connectivity index (χ0n) is 19.6. The smallest absolute Gasteiger partial charge is 0.328 e. The number of halogens is 2. The lowest BCUT2D eigenvalue weighted by Gasteiger charge is -2.30. The van der Waals surface area contributed by atoms with Gasteiger partial charge in [-0.15, -0.1) is 0 Å². The van der Waals surface area contributed by atoms with E-state index in [1.54, 1.807) is 19.1 Å². The van der Waals surface area contributed by atoms with Crippen LogP contribution in [0.2, 0.25) is 0 Å². The number of hydrogen-bond donors (Lipinski definition) is 3. The summed E-state index contributed by atoms with van der Waals surface area (Å²) in [4.78, 5) is 25.9. The summed E-state index contributed by atoms with van der Waals surface area (Å²) in [5, 5.41) is 14.2. The van der Waals surface area contributed by atoms with Gasteiger partial charge in [-0.3, -0.25) is 0 Å². The van der Waals surface area contributed by atoms with Gasteiger partial charge < -0.3 is 20.6 Å². The van der Waals surface area contributed by atoms with E-state index < -0.39 is 23.6 Å². The summed E-state index contributed by atoms with van der Waals surface area (Å²) in [6, 6.07) is 7.53. The first-order valence-corrected chi connectivity index (χ1v) is 10.8. The number of amides is 2. The maximum absolute atomic E-state index is 14.0. The molecule has 0 saturated heterocycles. The van der Waals surface area contributed by atoms with Crippen molar-refractivity contribution in [3.05, 3.63) is 59.7 Å². The first-order chi connectivity index (χ1) is 15.5. The van der Waals surface area contributed by atoms with E-state index in [9.17, 15) is 18.4 Å². The lowest BCUT2D eigenvalue weighted by Crippen LogP contribution is -2.32. The number of aliphatic carboxylic acids is 1. The Hall–Kier alpha value is -3.42. The Balaban J connectivity index is 2.45. The van der Waals surface area contributed by atoms with Gasteiger partial charge in [-0.2, -0.15) is 0 Å². The Morgan fingerprint density at radius 2 is 1.58 bits per heavy atom. The van der Waals surface area contributed by atoms with Crippen molar-refractivity contribution in [2.75, 3.05) is 28.6 Å². The van der Waals surface area contributed by atoms with E-state index in [1.165, 1.54) is 0 Å². The Morgan fingerprint density at radius 1 is 0.970 bits per heavy atom. The van der Waals surface area contributed by atoms with Gasteiger partial charge in [0.2, 0.25) is 0 Å². The van der Waals surface area contributed by atoms with E-state index >= 15 is 0 Å². The zero-order chi connectivity index (χ0) is 24.7. The van der Waals surface area contributed by atoms with Crippen LogP contribution in [0.15, 0.2) is 42.5 Å². The summed E-state index contributed by atoms with van der Waals surface area (Å²) in [6.07, 6.45) is 1.09. The molecule has 0 saturated carbocycles. The molecule has 0 unspecified atom stereocenters. The van der Waals surface area contributed by atoms with Crippen LogP contribution in [0.1, 0.15) is 40.2 Å². The SMILES string of the molecule is CC(=CC(=O)O)c1ccc(N(CC(C)C)CC(C)C)c(NC(=O)Nc2ccc(F)cc2F)c1. The van der Waals surface area contributed by atoms with Crippen LogP contribution in [0.4, 0.5) is 30.6 Å². The van der Waals surface area contributed by atoms with Crippen LogP contribution in [-0.2, 0) is 4.79 Å². The lowest BCUT2D eigenvalue weighted by atomic mass is 10.0. The van der Waals surface area contributed by atoms with Gasteiger partial charge in [0, 0.05) is 25.2 Å². The van der Waals surface area contributed by atoms with Crippen molar-refractivity contribution in [3.63, 3.8) is 0 Å². The number of allylic oxidation sites excluding steroid dienone is 1. The highest BCUT2D eigenvalue weighted by Gasteiger charge is 2.18. The molecule has 0 aromatic heterocycles. The number of carboxylic acid groups (broad SMARTS) is 1. The van der Waals surface area contributed by atoms with Crippen molar-refractivity contribution >= 4 is 34.6 Å². The second kappa shape index (κ2) is 11.4. The zero-order valence-corrected chi connectivity index (χ0v) is 19.6. The first-order valence-electron chi connectivity index (χ1n) is 10.8. The number of carbonyl (C=O) groups is 2. The number of carbonyl (C=O) groups excluding carboxylic acids is 1. The summed E-state index contributed by atoms with van der Waals surface area (Å²) in [6.45, 7) is 11.5. The number of carboxylic acids is 1. The van der Waals surface area contributed by atoms with Crippen LogP contribution >= 0.6 is 0 Å². The third-order valence-corrected chi connectivity index (χ3v) is 4.73. The van der Waals surface area contributed by atoms with E-state index in [4.69, 9.17) is 5.11 Å². The molecular formula is C25H31F2N3O3. The number of urea groups is 1. The number of hydrogen-bond acceptors (Lipinski definition) is 3. The van der Waals surface area contributed by atoms with Crippen LogP contribution < -0.4 is 15.5 Å². The molecule has 8 heteroatoms. The molecule has 0 aliphatic rings. The lowest BCUT2D eigenvalue weighted by molar-refractivity contribution is -0.131. The summed E-state index contributed by atoms with van der Waals surface area (Å²) in [5.41, 5.74) is 2.19. The van der Waals surface area contributed by atoms with Crippen LogP contribution in [0.25, 0.3) is 5.57 Å². The van der Waals surface area contributed by atoms with Crippen LogP contribution in [0, 0.1) is 23.5 Å². The normalized spacial score (nSPS) is 11.6. The van der Waals surface area contributed by atoms with Crippen molar-refractivity contribution in [1.82, 2.24) is 0 Å². The Morgan fingerprint density at radius 3 is 2.12 bits per heavy atom. The molecule has 0 bridgehead atoms. The Labute approximate surface area is 193 Å². The largest absolute Gasteiger partial charge is 0.478 e. The number of rotatable bonds is 9. The molecule has 6 nitrogen and oxygen atoms in total. The topological polar surface area (TPSA) is 81.7 Å². The molecule has 2 aromatic rings. The first kappa shape index (κ1) is 25.8. The minimum atomic E-state index is -1.07. The van der Waals surface area contributed by atoms with Crippen molar-refractivity contribution in [1.29, 1.82) is 0 Å². The van der Waals surface area contributed by atoms with Crippen molar-refractivity contribution in [2.24, 2.45) is 11.8 Å². The molecule has 0 fully saturated rings. The quantitative estimate of drug-likeness (QED) is 0.389. The molecule has 0 aliphatic heterocycles. The molecule has 0 heterocycles. The summed E-state index contributed by atoms with van der Waals surface area (Å²) in [5.74, 6) is -2.00. The highest BCUT2D eigenvalue weighted by atomic mass is 19.1. The average Bonchev–Trinajstić information content (AvgIpc) is 2.68. The molecule has 0 aliphatic carbocycles. The second-order valence-corrected chi connectivity index (χ2v) is 8.79. The highest BCUT2D eigenvalue weighted by molar-refractivity contribution is 6.02. The van der Waals surface area contributed by atoms with E-state index in [1.807, 2.05) is 6.07 Å². The van der Waals surface area contributed by atoms with Gasteiger partial charge >= 0.3 is 12.0 Å². The summed E-state index contributed by atoms with van der Waals surface area (Å²) in [7, 11) is 0. The molecule has 0 radical (unpaired) electrons. The molecule has 33 heavy (non-hydrogen) atoms. The van der Waals surface area contributed by atoms with E-state index in [2.05, 4.69) is 43.2 Å². The Bertz CT molecular complexity index is 1030. The molecule has 2 rings (SSSR count). The van der Waals surface area contributed by atoms with Gasteiger partial charge in [-0.05, 0) is 54.2 Å². The predicted molar refractivity (Wildman–Crippen MR) is 129 cm³/mol. The molecule has 178 valence electrons. The average molecular weight is 460 g/mol. The minimum Gasteiger partial charge on any atom is -0.478 e. The van der Waals surface area contributed by atoms with Gasteiger partial charge in [0.05, 0.1) is 17.1 Å².